The third-order valence-electron chi connectivity index (χ3n) is 2.66. The van der Waals surface area contributed by atoms with E-state index in [1.807, 2.05) is 11.8 Å². The zero-order chi connectivity index (χ0) is 13.4. The summed E-state index contributed by atoms with van der Waals surface area (Å²) < 4.78 is 0. The highest BCUT2D eigenvalue weighted by Crippen LogP contribution is 2.17. The van der Waals surface area contributed by atoms with Crippen molar-refractivity contribution in [3.8, 4) is 0 Å². The lowest BCUT2D eigenvalue weighted by molar-refractivity contribution is 0.659. The number of H-pyrrole nitrogens is 1. The number of aromatic amines is 1. The summed E-state index contributed by atoms with van der Waals surface area (Å²) in [5.74, 6) is 1.55. The molecule has 1 rings (SSSR count). The van der Waals surface area contributed by atoms with Crippen LogP contribution in [-0.4, -0.2) is 21.8 Å². The van der Waals surface area contributed by atoms with Gasteiger partial charge in [0.05, 0.1) is 11.4 Å². The van der Waals surface area contributed by atoms with Crippen LogP contribution in [0.15, 0.2) is 10.9 Å². The maximum atomic E-state index is 11.5. The number of nitrogens with zero attached hydrogens (tertiary/aromatic N) is 1. The molecule has 0 fully saturated rings. The molecule has 102 valence electrons. The summed E-state index contributed by atoms with van der Waals surface area (Å²) >= 11 is 1.82. The summed E-state index contributed by atoms with van der Waals surface area (Å²) in [4.78, 5) is 18.8. The molecule has 0 aliphatic carbocycles. The fourth-order valence-electron chi connectivity index (χ4n) is 1.45. The topological polar surface area (TPSA) is 57.8 Å². The van der Waals surface area contributed by atoms with E-state index in [2.05, 4.69) is 36.1 Å². The first-order valence-electron chi connectivity index (χ1n) is 6.57. The van der Waals surface area contributed by atoms with E-state index in [0.717, 1.165) is 36.7 Å². The van der Waals surface area contributed by atoms with E-state index in [1.165, 1.54) is 0 Å². The van der Waals surface area contributed by atoms with Crippen molar-refractivity contribution >= 4 is 11.8 Å². The molecular formula is C13H23N3OS. The van der Waals surface area contributed by atoms with Gasteiger partial charge in [-0.25, -0.2) is 4.98 Å². The molecule has 0 amide bonds. The van der Waals surface area contributed by atoms with Crippen LogP contribution < -0.4 is 10.9 Å². The molecule has 0 aromatic carbocycles. The number of aromatic nitrogens is 2. The Morgan fingerprint density at radius 1 is 1.50 bits per heavy atom. The zero-order valence-corrected chi connectivity index (χ0v) is 12.3. The van der Waals surface area contributed by atoms with Gasteiger partial charge in [-0.15, -0.1) is 0 Å². The van der Waals surface area contributed by atoms with Crippen LogP contribution >= 0.6 is 11.8 Å². The van der Waals surface area contributed by atoms with Crippen molar-refractivity contribution in [3.05, 3.63) is 27.9 Å². The van der Waals surface area contributed by atoms with Gasteiger partial charge in [-0.1, -0.05) is 20.8 Å². The second-order valence-corrected chi connectivity index (χ2v) is 5.82. The summed E-state index contributed by atoms with van der Waals surface area (Å²) in [5, 5.41) is 3.85. The van der Waals surface area contributed by atoms with Crippen molar-refractivity contribution in [2.75, 3.05) is 6.54 Å². The van der Waals surface area contributed by atoms with Gasteiger partial charge in [-0.05, 0) is 19.4 Å². The number of rotatable bonds is 8. The van der Waals surface area contributed by atoms with E-state index in [1.54, 1.807) is 6.07 Å². The van der Waals surface area contributed by atoms with Crippen LogP contribution in [-0.2, 0) is 12.3 Å². The molecule has 5 heteroatoms. The molecule has 1 aromatic heterocycles. The van der Waals surface area contributed by atoms with Crippen LogP contribution in [0.1, 0.15) is 45.1 Å². The molecule has 1 atom stereocenters. The Kier molecular flexibility index (Phi) is 7.05. The van der Waals surface area contributed by atoms with Crippen LogP contribution in [0.3, 0.4) is 0 Å². The van der Waals surface area contributed by atoms with Gasteiger partial charge >= 0.3 is 0 Å². The Hall–Kier alpha value is -0.810. The number of hydrogen-bond acceptors (Lipinski definition) is 4. The van der Waals surface area contributed by atoms with Gasteiger partial charge < -0.3 is 10.3 Å². The minimum absolute atomic E-state index is 0.0574. The van der Waals surface area contributed by atoms with Crippen molar-refractivity contribution < 1.29 is 0 Å². The van der Waals surface area contributed by atoms with Crippen LogP contribution in [0, 0.1) is 0 Å². The first-order valence-corrected chi connectivity index (χ1v) is 7.62. The molecule has 1 heterocycles. The smallest absolute Gasteiger partial charge is 0.251 e. The molecule has 18 heavy (non-hydrogen) atoms. The van der Waals surface area contributed by atoms with Gasteiger partial charge in [0.2, 0.25) is 0 Å². The Labute approximate surface area is 113 Å². The summed E-state index contributed by atoms with van der Waals surface area (Å²) in [6, 6.07) is 1.57. The van der Waals surface area contributed by atoms with E-state index < -0.39 is 0 Å². The molecule has 0 spiro atoms. The molecule has 1 unspecified atom stereocenters. The van der Waals surface area contributed by atoms with Crippen molar-refractivity contribution in [1.29, 1.82) is 0 Å². The molecule has 0 aliphatic heterocycles. The van der Waals surface area contributed by atoms with Gasteiger partial charge in [0.25, 0.3) is 5.56 Å². The van der Waals surface area contributed by atoms with Gasteiger partial charge in [0, 0.05) is 17.9 Å². The van der Waals surface area contributed by atoms with Crippen molar-refractivity contribution in [1.82, 2.24) is 15.3 Å². The normalized spacial score (nSPS) is 12.6. The van der Waals surface area contributed by atoms with Gasteiger partial charge in [-0.2, -0.15) is 11.8 Å². The Morgan fingerprint density at radius 3 is 2.94 bits per heavy atom. The van der Waals surface area contributed by atoms with Crippen LogP contribution in [0.25, 0.3) is 0 Å². The van der Waals surface area contributed by atoms with E-state index in [0.29, 0.717) is 11.8 Å². The summed E-state index contributed by atoms with van der Waals surface area (Å²) in [5.41, 5.74) is 0.769. The highest BCUT2D eigenvalue weighted by Gasteiger charge is 2.04. The fraction of sp³-hybridized carbons (Fsp3) is 0.692. The second-order valence-electron chi connectivity index (χ2n) is 4.39. The van der Waals surface area contributed by atoms with Crippen molar-refractivity contribution in [2.24, 2.45) is 0 Å². The number of nitrogens with one attached hydrogen (secondary N) is 2. The van der Waals surface area contributed by atoms with Gasteiger partial charge in [0.15, 0.2) is 0 Å². The average Bonchev–Trinajstić information content (AvgIpc) is 2.35. The predicted molar refractivity (Wildman–Crippen MR) is 77.9 cm³/mol. The van der Waals surface area contributed by atoms with E-state index >= 15 is 0 Å². The lowest BCUT2D eigenvalue weighted by Gasteiger charge is -2.08. The zero-order valence-electron chi connectivity index (χ0n) is 11.5. The van der Waals surface area contributed by atoms with Crippen molar-refractivity contribution in [3.63, 3.8) is 0 Å². The third-order valence-corrected chi connectivity index (χ3v) is 4.00. The number of thioether (sulfide) groups is 1. The first-order chi connectivity index (χ1) is 8.65. The van der Waals surface area contributed by atoms with E-state index in [4.69, 9.17) is 0 Å². The third kappa shape index (κ3) is 5.69. The second kappa shape index (κ2) is 8.32. The van der Waals surface area contributed by atoms with E-state index in [9.17, 15) is 4.79 Å². The maximum absolute atomic E-state index is 11.5. The minimum Gasteiger partial charge on any atom is -0.311 e. The largest absolute Gasteiger partial charge is 0.311 e. The molecule has 0 aliphatic rings. The monoisotopic (exact) mass is 269 g/mol. The lowest BCUT2D eigenvalue weighted by Crippen LogP contribution is -2.19. The standard InChI is InChI=1S/C13H23N3OS/c1-4-6-14-8-11-7-13(17)16-12(15-11)9-18-10(3)5-2/h7,10,14H,4-6,8-9H2,1-3H3,(H,15,16,17). The quantitative estimate of drug-likeness (QED) is 0.711. The molecule has 0 radical (unpaired) electrons. The number of hydrogen-bond donors (Lipinski definition) is 2. The first kappa shape index (κ1) is 15.2. The molecular weight excluding hydrogens is 246 g/mol. The SMILES string of the molecule is CCCNCc1cc(=O)[nH]c(CSC(C)CC)n1. The molecule has 0 bridgehead atoms. The predicted octanol–water partition coefficient (Wildman–Crippen LogP) is 2.30. The lowest BCUT2D eigenvalue weighted by atomic mass is 10.3. The van der Waals surface area contributed by atoms with Crippen LogP contribution in [0.5, 0.6) is 0 Å². The molecule has 2 N–H and O–H groups in total. The molecule has 0 saturated heterocycles. The summed E-state index contributed by atoms with van der Waals surface area (Å²) in [7, 11) is 0. The summed E-state index contributed by atoms with van der Waals surface area (Å²) in [6.07, 6.45) is 2.21. The maximum Gasteiger partial charge on any atom is 0.251 e. The fourth-order valence-corrected chi connectivity index (χ4v) is 2.27. The van der Waals surface area contributed by atoms with Crippen LogP contribution in [0.2, 0.25) is 0 Å². The van der Waals surface area contributed by atoms with Gasteiger partial charge in [0.1, 0.15) is 5.82 Å². The average molecular weight is 269 g/mol. The Balaban J connectivity index is 2.59. The molecule has 0 saturated carbocycles. The Bertz CT molecular complexity index is 405. The van der Waals surface area contributed by atoms with Crippen LogP contribution in [0.4, 0.5) is 0 Å². The summed E-state index contributed by atoms with van der Waals surface area (Å²) in [6.45, 7) is 8.09. The highest BCUT2D eigenvalue weighted by atomic mass is 32.2. The Morgan fingerprint density at radius 2 is 2.28 bits per heavy atom. The minimum atomic E-state index is -0.0574. The van der Waals surface area contributed by atoms with Crippen molar-refractivity contribution in [2.45, 2.75) is 51.2 Å². The molecule has 4 nitrogen and oxygen atoms in total. The highest BCUT2D eigenvalue weighted by molar-refractivity contribution is 7.99. The molecule has 1 aromatic rings. The van der Waals surface area contributed by atoms with E-state index in [-0.39, 0.29) is 5.56 Å². The van der Waals surface area contributed by atoms with Gasteiger partial charge in [-0.3, -0.25) is 4.79 Å².